The van der Waals surface area contributed by atoms with Crippen LogP contribution in [0.15, 0.2) is 76.6 Å². The van der Waals surface area contributed by atoms with Gasteiger partial charge in [-0.05, 0) is 115 Å². The lowest BCUT2D eigenvalue weighted by Gasteiger charge is -2.28. The second-order valence-corrected chi connectivity index (χ2v) is 11.5. The van der Waals surface area contributed by atoms with Crippen LogP contribution in [-0.4, -0.2) is 35.6 Å². The summed E-state index contributed by atoms with van der Waals surface area (Å²) in [6, 6.07) is 23.8. The third-order valence-electron chi connectivity index (χ3n) is 6.77. The van der Waals surface area contributed by atoms with E-state index in [-0.39, 0.29) is 5.91 Å². The molecule has 2 aliphatic rings. The number of carbonyl (C=O) groups excluding carboxylic acids is 1. The van der Waals surface area contributed by atoms with Gasteiger partial charge in [0.05, 0.1) is 25.8 Å². The maximum atomic E-state index is 13.2. The monoisotopic (exact) mass is 648 g/mol. The molecule has 2 aliphatic heterocycles. The van der Waals surface area contributed by atoms with E-state index in [1.165, 1.54) is 36.7 Å². The molecule has 0 N–H and O–H groups in total. The van der Waals surface area contributed by atoms with Crippen molar-refractivity contribution < 1.29 is 9.53 Å². The third-order valence-corrected chi connectivity index (χ3v) is 8.62. The van der Waals surface area contributed by atoms with Crippen LogP contribution < -0.4 is 9.64 Å². The number of ether oxygens (including phenoxy) is 1. The van der Waals surface area contributed by atoms with Crippen molar-refractivity contribution in [2.45, 2.75) is 32.8 Å². The molecule has 1 amide bonds. The maximum absolute atomic E-state index is 13.2. The van der Waals surface area contributed by atoms with Crippen LogP contribution in [0, 0.1) is 14.9 Å². The summed E-state index contributed by atoms with van der Waals surface area (Å²) in [4.78, 5) is 22.8. The molecule has 0 bridgehead atoms. The molecule has 6 nitrogen and oxygen atoms in total. The highest BCUT2D eigenvalue weighted by molar-refractivity contribution is 14.1. The van der Waals surface area contributed by atoms with Crippen molar-refractivity contribution in [2.75, 3.05) is 24.5 Å². The minimum atomic E-state index is -0.0327. The molecule has 2 heterocycles. The van der Waals surface area contributed by atoms with Crippen LogP contribution >= 0.6 is 34.4 Å². The molecule has 2 saturated heterocycles. The Balaban J connectivity index is 1.29. The van der Waals surface area contributed by atoms with Gasteiger partial charge >= 0.3 is 0 Å². The number of anilines is 1. The van der Waals surface area contributed by atoms with Crippen molar-refractivity contribution >= 4 is 62.9 Å². The van der Waals surface area contributed by atoms with E-state index < -0.39 is 0 Å². The van der Waals surface area contributed by atoms with Crippen LogP contribution in [0.2, 0.25) is 0 Å². The molecule has 5 rings (SSSR count). The summed E-state index contributed by atoms with van der Waals surface area (Å²) < 4.78 is 6.93. The first kappa shape index (κ1) is 27.3. The minimum absolute atomic E-state index is 0.0327. The van der Waals surface area contributed by atoms with E-state index in [0.717, 1.165) is 39.2 Å². The van der Waals surface area contributed by atoms with Crippen LogP contribution in [0.1, 0.15) is 42.9 Å². The number of amides is 1. The van der Waals surface area contributed by atoms with Gasteiger partial charge in [0.1, 0.15) is 12.4 Å². The zero-order valence-corrected chi connectivity index (χ0v) is 24.7. The molecular formula is C31H29IN4O2S. The highest BCUT2D eigenvalue weighted by atomic mass is 127. The highest BCUT2D eigenvalue weighted by Crippen LogP contribution is 2.35. The van der Waals surface area contributed by atoms with Gasteiger partial charge in [-0.1, -0.05) is 24.3 Å². The predicted octanol–water partition coefficient (Wildman–Crippen LogP) is 7.36. The number of thioether (sulfide) groups is 1. The Hall–Kier alpha value is -3.29. The highest BCUT2D eigenvalue weighted by Gasteiger charge is 2.32. The topological polar surface area (TPSA) is 68.9 Å². The fraction of sp³-hybridized carbons (Fsp3) is 0.258. The standard InChI is InChI=1S/C31H29IN4O2S/c1-2-36-30(37)29(39-31(36)34-25-11-13-26(14-12-25)35-16-6-3-7-17-35)19-22-10-15-28(27(32)18-22)38-21-24-9-5-4-8-23(24)20-33/h4-5,8-15,18-19H,2-3,6-7,16-17,21H2,1H3/b29-19-,34-31?. The SMILES string of the molecule is CCN1C(=O)/C(=C/c2ccc(OCc3ccccc3C#N)c(I)c2)SC1=Nc1ccc(N2CCCCC2)cc1. The molecular weight excluding hydrogens is 619 g/mol. The van der Waals surface area contributed by atoms with E-state index in [0.29, 0.717) is 28.8 Å². The van der Waals surface area contributed by atoms with Crippen molar-refractivity contribution in [1.82, 2.24) is 4.90 Å². The second kappa shape index (κ2) is 12.7. The van der Waals surface area contributed by atoms with Crippen LogP contribution in [0.4, 0.5) is 11.4 Å². The first-order chi connectivity index (χ1) is 19.1. The summed E-state index contributed by atoms with van der Waals surface area (Å²) in [7, 11) is 0. The van der Waals surface area contributed by atoms with Gasteiger partial charge in [-0.2, -0.15) is 5.26 Å². The van der Waals surface area contributed by atoms with E-state index in [4.69, 9.17) is 9.73 Å². The van der Waals surface area contributed by atoms with Gasteiger partial charge in [-0.15, -0.1) is 0 Å². The van der Waals surface area contributed by atoms with E-state index in [1.54, 1.807) is 11.0 Å². The number of nitriles is 1. The quantitative estimate of drug-likeness (QED) is 0.198. The number of nitrogens with zero attached hydrogens (tertiary/aromatic N) is 4. The molecule has 0 atom stereocenters. The second-order valence-electron chi connectivity index (χ2n) is 9.37. The first-order valence-corrected chi connectivity index (χ1v) is 15.0. The van der Waals surface area contributed by atoms with Gasteiger partial charge in [0.2, 0.25) is 0 Å². The Bertz CT molecular complexity index is 1460. The zero-order chi connectivity index (χ0) is 27.2. The first-order valence-electron chi connectivity index (χ1n) is 13.1. The predicted molar refractivity (Wildman–Crippen MR) is 167 cm³/mol. The Kier molecular flexibility index (Phi) is 8.89. The molecule has 3 aromatic carbocycles. The molecule has 198 valence electrons. The van der Waals surface area contributed by atoms with Crippen LogP contribution in [-0.2, 0) is 11.4 Å². The average Bonchev–Trinajstić information content (AvgIpc) is 3.26. The molecule has 0 aliphatic carbocycles. The van der Waals surface area contributed by atoms with Gasteiger partial charge in [-0.3, -0.25) is 9.69 Å². The minimum Gasteiger partial charge on any atom is -0.488 e. The number of likely N-dealkylation sites (N-methyl/N-ethyl adjacent to an activating group) is 1. The van der Waals surface area contributed by atoms with Crippen molar-refractivity contribution in [3.63, 3.8) is 0 Å². The molecule has 2 fully saturated rings. The molecule has 0 spiro atoms. The Morgan fingerprint density at radius 1 is 1.08 bits per heavy atom. The van der Waals surface area contributed by atoms with Gasteiger partial charge in [-0.25, -0.2) is 4.99 Å². The number of hydrogen-bond donors (Lipinski definition) is 0. The molecule has 39 heavy (non-hydrogen) atoms. The van der Waals surface area contributed by atoms with Gasteiger partial charge in [0, 0.05) is 30.9 Å². The molecule has 0 radical (unpaired) electrons. The lowest BCUT2D eigenvalue weighted by atomic mass is 10.1. The lowest BCUT2D eigenvalue weighted by molar-refractivity contribution is -0.122. The molecule has 0 saturated carbocycles. The van der Waals surface area contributed by atoms with E-state index in [9.17, 15) is 10.1 Å². The average molecular weight is 649 g/mol. The smallest absolute Gasteiger partial charge is 0.266 e. The number of carbonyl (C=O) groups is 1. The van der Waals surface area contributed by atoms with Crippen molar-refractivity contribution in [1.29, 1.82) is 5.26 Å². The summed E-state index contributed by atoms with van der Waals surface area (Å²) in [5.41, 5.74) is 4.46. The Labute approximate surface area is 247 Å². The number of amidine groups is 1. The van der Waals surface area contributed by atoms with E-state index in [2.05, 4.69) is 45.7 Å². The Morgan fingerprint density at radius 3 is 2.56 bits per heavy atom. The van der Waals surface area contributed by atoms with Crippen molar-refractivity contribution in [3.8, 4) is 11.8 Å². The maximum Gasteiger partial charge on any atom is 0.266 e. The van der Waals surface area contributed by atoms with Gasteiger partial charge in [0.15, 0.2) is 5.17 Å². The third kappa shape index (κ3) is 6.48. The van der Waals surface area contributed by atoms with Gasteiger partial charge in [0.25, 0.3) is 5.91 Å². The fourth-order valence-electron chi connectivity index (χ4n) is 4.66. The number of hydrogen-bond acceptors (Lipinski definition) is 6. The van der Waals surface area contributed by atoms with Crippen LogP contribution in [0.3, 0.4) is 0 Å². The molecule has 0 aromatic heterocycles. The summed E-state index contributed by atoms with van der Waals surface area (Å²) in [5, 5.41) is 10.0. The van der Waals surface area contributed by atoms with Crippen LogP contribution in [0.25, 0.3) is 6.08 Å². The number of rotatable bonds is 7. The molecule has 3 aromatic rings. The van der Waals surface area contributed by atoms with Gasteiger partial charge < -0.3 is 9.64 Å². The number of halogens is 1. The van der Waals surface area contributed by atoms with E-state index >= 15 is 0 Å². The Morgan fingerprint density at radius 2 is 1.85 bits per heavy atom. The van der Waals surface area contributed by atoms with Crippen LogP contribution in [0.5, 0.6) is 5.75 Å². The van der Waals surface area contributed by atoms with Crippen molar-refractivity contribution in [3.05, 3.63) is 91.9 Å². The molecule has 8 heteroatoms. The van der Waals surface area contributed by atoms with E-state index in [1.807, 2.05) is 61.5 Å². The molecule has 0 unspecified atom stereocenters. The number of benzene rings is 3. The van der Waals surface area contributed by atoms with Crippen molar-refractivity contribution in [2.24, 2.45) is 4.99 Å². The summed E-state index contributed by atoms with van der Waals surface area (Å²) in [6.45, 7) is 5.06. The largest absolute Gasteiger partial charge is 0.488 e. The normalized spacial score (nSPS) is 17.6. The fourth-order valence-corrected chi connectivity index (χ4v) is 6.41. The summed E-state index contributed by atoms with van der Waals surface area (Å²) in [5.74, 6) is 0.705. The number of piperidine rings is 1. The summed E-state index contributed by atoms with van der Waals surface area (Å²) in [6.07, 6.45) is 5.71. The zero-order valence-electron chi connectivity index (χ0n) is 21.8. The summed E-state index contributed by atoms with van der Waals surface area (Å²) >= 11 is 3.65. The number of aliphatic imine (C=N–C) groups is 1. The lowest BCUT2D eigenvalue weighted by Crippen LogP contribution is -2.29.